The minimum Gasteiger partial charge on any atom is -0.357 e. The quantitative estimate of drug-likeness (QED) is 0.499. The standard InChI is InChI=1S/C21H22Cl3FN2O2S/c1-3-19(21(29)26-2)27(10-13-15(22)6-4-7-16(13)23)20(28)12-30-11-14-17(24)8-5-9-18(14)25/h4-9,19H,3,10-12H2,1-2H3,(H,26,29)/t19-/m1/s1. The van der Waals surface area contributed by atoms with E-state index in [1.54, 1.807) is 24.3 Å². The van der Waals surface area contributed by atoms with Crippen molar-refractivity contribution in [2.24, 2.45) is 0 Å². The fourth-order valence-electron chi connectivity index (χ4n) is 2.93. The van der Waals surface area contributed by atoms with Crippen molar-refractivity contribution < 1.29 is 14.0 Å². The van der Waals surface area contributed by atoms with E-state index in [0.29, 0.717) is 32.6 Å². The van der Waals surface area contributed by atoms with Crippen LogP contribution < -0.4 is 5.32 Å². The second kappa shape index (κ2) is 11.8. The van der Waals surface area contributed by atoms with Crippen molar-refractivity contribution in [3.63, 3.8) is 0 Å². The number of rotatable bonds is 9. The van der Waals surface area contributed by atoms with Gasteiger partial charge in [-0.1, -0.05) is 53.9 Å². The summed E-state index contributed by atoms with van der Waals surface area (Å²) >= 11 is 19.8. The lowest BCUT2D eigenvalue weighted by Gasteiger charge is -2.30. The van der Waals surface area contributed by atoms with Crippen LogP contribution in [-0.4, -0.2) is 35.6 Å². The van der Waals surface area contributed by atoms with E-state index < -0.39 is 11.9 Å². The van der Waals surface area contributed by atoms with Crippen LogP contribution in [0.3, 0.4) is 0 Å². The van der Waals surface area contributed by atoms with Gasteiger partial charge in [0, 0.05) is 45.5 Å². The minimum atomic E-state index is -0.688. The van der Waals surface area contributed by atoms with Crippen molar-refractivity contribution in [2.75, 3.05) is 12.8 Å². The summed E-state index contributed by atoms with van der Waals surface area (Å²) in [5, 5.41) is 3.73. The molecule has 0 aliphatic heterocycles. The Morgan fingerprint density at radius 3 is 2.17 bits per heavy atom. The Morgan fingerprint density at radius 1 is 1.07 bits per heavy atom. The number of halogens is 4. The number of nitrogens with one attached hydrogen (secondary N) is 1. The maximum absolute atomic E-state index is 14.0. The second-order valence-corrected chi connectivity index (χ2v) is 8.66. The normalized spacial score (nSPS) is 11.8. The van der Waals surface area contributed by atoms with Crippen molar-refractivity contribution in [3.8, 4) is 0 Å². The largest absolute Gasteiger partial charge is 0.357 e. The van der Waals surface area contributed by atoms with Crippen LogP contribution in [-0.2, 0) is 21.9 Å². The highest BCUT2D eigenvalue weighted by atomic mass is 35.5. The summed E-state index contributed by atoms with van der Waals surface area (Å²) < 4.78 is 14.0. The van der Waals surface area contributed by atoms with Gasteiger partial charge in [0.1, 0.15) is 11.9 Å². The molecular weight excluding hydrogens is 470 g/mol. The number of nitrogens with zero attached hydrogens (tertiary/aromatic N) is 1. The maximum Gasteiger partial charge on any atom is 0.242 e. The molecule has 30 heavy (non-hydrogen) atoms. The van der Waals surface area contributed by atoms with Crippen LogP contribution in [0.4, 0.5) is 4.39 Å². The van der Waals surface area contributed by atoms with Gasteiger partial charge >= 0.3 is 0 Å². The lowest BCUT2D eigenvalue weighted by Crippen LogP contribution is -2.48. The van der Waals surface area contributed by atoms with Gasteiger partial charge in [0.25, 0.3) is 0 Å². The van der Waals surface area contributed by atoms with Gasteiger partial charge < -0.3 is 10.2 Å². The summed E-state index contributed by atoms with van der Waals surface area (Å²) in [6.45, 7) is 1.91. The number of thioether (sulfide) groups is 1. The number of likely N-dealkylation sites (N-methyl/N-ethyl adjacent to an activating group) is 1. The molecule has 162 valence electrons. The molecule has 0 aliphatic carbocycles. The number of hydrogen-bond donors (Lipinski definition) is 1. The third kappa shape index (κ3) is 6.27. The van der Waals surface area contributed by atoms with E-state index in [1.807, 2.05) is 6.92 Å². The van der Waals surface area contributed by atoms with Crippen LogP contribution >= 0.6 is 46.6 Å². The first-order chi connectivity index (χ1) is 14.3. The van der Waals surface area contributed by atoms with Gasteiger partial charge in [0.2, 0.25) is 11.8 Å². The SMILES string of the molecule is CC[C@H](C(=O)NC)N(Cc1c(Cl)cccc1Cl)C(=O)CSCc1c(F)cccc1Cl. The second-order valence-electron chi connectivity index (χ2n) is 6.45. The number of carbonyl (C=O) groups excluding carboxylic acids is 2. The molecule has 0 aliphatic rings. The molecule has 9 heteroatoms. The van der Waals surface area contributed by atoms with Crippen LogP contribution in [0.25, 0.3) is 0 Å². The molecule has 0 radical (unpaired) electrons. The van der Waals surface area contributed by atoms with Gasteiger partial charge in [0.15, 0.2) is 0 Å². The zero-order valence-electron chi connectivity index (χ0n) is 16.6. The molecule has 2 aromatic carbocycles. The highest BCUT2D eigenvalue weighted by molar-refractivity contribution is 7.99. The third-order valence-corrected chi connectivity index (χ3v) is 6.56. The monoisotopic (exact) mass is 490 g/mol. The molecule has 2 amide bonds. The Labute approximate surface area is 195 Å². The predicted octanol–water partition coefficient (Wildman–Crippen LogP) is 5.57. The minimum absolute atomic E-state index is 0.0419. The first-order valence-corrected chi connectivity index (χ1v) is 11.5. The highest BCUT2D eigenvalue weighted by Crippen LogP contribution is 2.28. The average molecular weight is 492 g/mol. The molecule has 0 saturated heterocycles. The topological polar surface area (TPSA) is 49.4 Å². The van der Waals surface area contributed by atoms with Gasteiger partial charge in [-0.15, -0.1) is 11.8 Å². The molecule has 1 N–H and O–H groups in total. The van der Waals surface area contributed by atoms with E-state index in [2.05, 4.69) is 5.32 Å². The lowest BCUT2D eigenvalue weighted by atomic mass is 10.1. The molecule has 4 nitrogen and oxygen atoms in total. The van der Waals surface area contributed by atoms with Gasteiger partial charge in [-0.3, -0.25) is 9.59 Å². The molecule has 0 unspecified atom stereocenters. The summed E-state index contributed by atoms with van der Waals surface area (Å²) in [6.07, 6.45) is 0.414. The number of amides is 2. The van der Waals surface area contributed by atoms with E-state index in [1.165, 1.54) is 35.8 Å². The Bertz CT molecular complexity index is 873. The van der Waals surface area contributed by atoms with Crippen LogP contribution in [0.2, 0.25) is 15.1 Å². The summed E-state index contributed by atoms with van der Waals surface area (Å²) in [5.74, 6) is -0.705. The number of benzene rings is 2. The summed E-state index contributed by atoms with van der Waals surface area (Å²) in [6, 6.07) is 8.85. The van der Waals surface area contributed by atoms with Gasteiger partial charge in [-0.05, 0) is 30.7 Å². The first kappa shape index (κ1) is 24.8. The molecule has 0 spiro atoms. The molecule has 0 fully saturated rings. The highest BCUT2D eigenvalue weighted by Gasteiger charge is 2.29. The van der Waals surface area contributed by atoms with Crippen LogP contribution in [0, 0.1) is 5.82 Å². The van der Waals surface area contributed by atoms with Crippen molar-refractivity contribution >= 4 is 58.4 Å². The fraction of sp³-hybridized carbons (Fsp3) is 0.333. The molecule has 1 atom stereocenters. The first-order valence-electron chi connectivity index (χ1n) is 9.24. The van der Waals surface area contributed by atoms with Crippen LogP contribution in [0.15, 0.2) is 36.4 Å². The van der Waals surface area contributed by atoms with Crippen molar-refractivity contribution in [3.05, 3.63) is 68.4 Å². The van der Waals surface area contributed by atoms with E-state index in [9.17, 15) is 14.0 Å². The van der Waals surface area contributed by atoms with Crippen molar-refractivity contribution in [2.45, 2.75) is 31.7 Å². The van der Waals surface area contributed by atoms with Crippen molar-refractivity contribution in [1.82, 2.24) is 10.2 Å². The number of carbonyl (C=O) groups is 2. The zero-order valence-corrected chi connectivity index (χ0v) is 19.6. The Kier molecular flexibility index (Phi) is 9.75. The average Bonchev–Trinajstić information content (AvgIpc) is 2.71. The van der Waals surface area contributed by atoms with E-state index in [-0.39, 0.29) is 29.9 Å². The molecule has 0 saturated carbocycles. The predicted molar refractivity (Wildman–Crippen MR) is 123 cm³/mol. The Morgan fingerprint density at radius 2 is 1.63 bits per heavy atom. The lowest BCUT2D eigenvalue weighted by molar-refractivity contribution is -0.139. The van der Waals surface area contributed by atoms with E-state index >= 15 is 0 Å². The maximum atomic E-state index is 14.0. The van der Waals surface area contributed by atoms with Crippen LogP contribution in [0.1, 0.15) is 24.5 Å². The summed E-state index contributed by atoms with van der Waals surface area (Å²) in [7, 11) is 1.52. The molecule has 2 rings (SSSR count). The van der Waals surface area contributed by atoms with E-state index in [4.69, 9.17) is 34.8 Å². The molecule has 0 bridgehead atoms. The molecule has 2 aromatic rings. The van der Waals surface area contributed by atoms with Crippen LogP contribution in [0.5, 0.6) is 0 Å². The Balaban J connectivity index is 2.20. The summed E-state index contributed by atoms with van der Waals surface area (Å²) in [5.41, 5.74) is 0.912. The summed E-state index contributed by atoms with van der Waals surface area (Å²) in [4.78, 5) is 26.9. The van der Waals surface area contributed by atoms with Gasteiger partial charge in [-0.25, -0.2) is 4.39 Å². The molecule has 0 heterocycles. The van der Waals surface area contributed by atoms with E-state index in [0.717, 1.165) is 0 Å². The van der Waals surface area contributed by atoms with Gasteiger partial charge in [0.05, 0.1) is 5.75 Å². The smallest absolute Gasteiger partial charge is 0.242 e. The fourth-order valence-corrected chi connectivity index (χ4v) is 4.70. The molecule has 0 aromatic heterocycles. The Hall–Kier alpha value is -1.47. The molecular formula is C21H22Cl3FN2O2S. The number of hydrogen-bond acceptors (Lipinski definition) is 3. The van der Waals surface area contributed by atoms with Crippen molar-refractivity contribution in [1.29, 1.82) is 0 Å². The third-order valence-electron chi connectivity index (χ3n) is 4.56. The van der Waals surface area contributed by atoms with Gasteiger partial charge in [-0.2, -0.15) is 0 Å². The zero-order chi connectivity index (χ0) is 22.3.